The molecule has 0 radical (unpaired) electrons. The van der Waals surface area contributed by atoms with E-state index in [2.05, 4.69) is 6.58 Å². The first kappa shape index (κ1) is 20.1. The molecule has 0 aromatic rings. The highest BCUT2D eigenvalue weighted by molar-refractivity contribution is 5.71. The van der Waals surface area contributed by atoms with Gasteiger partial charge in [0.1, 0.15) is 0 Å². The molecule has 0 spiro atoms. The van der Waals surface area contributed by atoms with Gasteiger partial charge in [-0.05, 0) is 12.8 Å². The van der Waals surface area contributed by atoms with Crippen LogP contribution in [0.15, 0.2) is 12.7 Å². The Kier molecular flexibility index (Phi) is 12.2. The molecule has 21 heavy (non-hydrogen) atoms. The highest BCUT2D eigenvalue weighted by Crippen LogP contribution is 2.17. The maximum absolute atomic E-state index is 11.7. The number of rotatable bonds is 13. The summed E-state index contributed by atoms with van der Waals surface area (Å²) in [5.41, 5.74) is 0. The van der Waals surface area contributed by atoms with E-state index in [0.29, 0.717) is 32.8 Å². The van der Waals surface area contributed by atoms with E-state index in [9.17, 15) is 9.90 Å². The molecule has 3 atom stereocenters. The first-order chi connectivity index (χ1) is 10.0. The molecule has 0 saturated carbocycles. The van der Waals surface area contributed by atoms with Crippen molar-refractivity contribution in [1.29, 1.82) is 0 Å². The average molecular weight is 302 g/mol. The minimum absolute atomic E-state index is 0.141. The quantitative estimate of drug-likeness (QED) is 0.245. The van der Waals surface area contributed by atoms with Crippen molar-refractivity contribution in [3.8, 4) is 0 Å². The van der Waals surface area contributed by atoms with E-state index in [4.69, 9.17) is 14.2 Å². The number of carbonyl (C=O) groups is 1. The third kappa shape index (κ3) is 10.5. The SMILES string of the molecule is C=CCOCCOC(O)C(C)CC(C)C(=O)OCCCC. The second kappa shape index (κ2) is 12.8. The Balaban J connectivity index is 3.84. The van der Waals surface area contributed by atoms with Gasteiger partial charge < -0.3 is 19.3 Å². The van der Waals surface area contributed by atoms with E-state index in [1.807, 2.05) is 20.8 Å². The number of hydrogen-bond acceptors (Lipinski definition) is 5. The van der Waals surface area contributed by atoms with Crippen molar-refractivity contribution >= 4 is 5.97 Å². The van der Waals surface area contributed by atoms with Crippen LogP contribution in [0.5, 0.6) is 0 Å². The lowest BCUT2D eigenvalue weighted by Gasteiger charge is -2.21. The number of aliphatic hydroxyl groups excluding tert-OH is 1. The zero-order valence-electron chi connectivity index (χ0n) is 13.5. The maximum atomic E-state index is 11.7. The zero-order chi connectivity index (χ0) is 16.1. The van der Waals surface area contributed by atoms with Crippen molar-refractivity contribution in [3.05, 3.63) is 12.7 Å². The summed E-state index contributed by atoms with van der Waals surface area (Å²) in [6, 6.07) is 0. The number of ether oxygens (including phenoxy) is 3. The summed E-state index contributed by atoms with van der Waals surface area (Å²) in [4.78, 5) is 11.7. The number of carbonyl (C=O) groups excluding carboxylic acids is 1. The van der Waals surface area contributed by atoms with Gasteiger partial charge in [0.15, 0.2) is 6.29 Å². The van der Waals surface area contributed by atoms with Gasteiger partial charge >= 0.3 is 5.97 Å². The maximum Gasteiger partial charge on any atom is 0.308 e. The standard InChI is InChI=1S/C16H30O5/c1-5-7-9-20-15(17)13(3)12-14(4)16(18)21-11-10-19-8-6-2/h6,13-14,16,18H,2,5,7-12H2,1,3-4H3. The minimum atomic E-state index is -0.900. The molecule has 0 amide bonds. The molecule has 124 valence electrons. The molecular formula is C16H30O5. The fourth-order valence-corrected chi connectivity index (χ4v) is 1.79. The highest BCUT2D eigenvalue weighted by atomic mass is 16.6. The van der Waals surface area contributed by atoms with Gasteiger partial charge in [-0.1, -0.05) is 33.3 Å². The number of unbranched alkanes of at least 4 members (excludes halogenated alkanes) is 1. The summed E-state index contributed by atoms with van der Waals surface area (Å²) in [5, 5.41) is 9.87. The molecule has 1 N–H and O–H groups in total. The van der Waals surface area contributed by atoms with Gasteiger partial charge in [-0.25, -0.2) is 0 Å². The molecule has 5 heteroatoms. The molecule has 0 saturated heterocycles. The van der Waals surface area contributed by atoms with Crippen molar-refractivity contribution in [2.45, 2.75) is 46.3 Å². The molecule has 3 unspecified atom stereocenters. The Morgan fingerprint density at radius 2 is 2.00 bits per heavy atom. The molecule has 0 aliphatic heterocycles. The third-order valence-electron chi connectivity index (χ3n) is 3.11. The fraction of sp³-hybridized carbons (Fsp3) is 0.812. The Bertz CT molecular complexity index is 280. The molecule has 0 aliphatic carbocycles. The zero-order valence-corrected chi connectivity index (χ0v) is 13.5. The van der Waals surface area contributed by atoms with Crippen LogP contribution in [0.3, 0.4) is 0 Å². The smallest absolute Gasteiger partial charge is 0.308 e. The van der Waals surface area contributed by atoms with Crippen molar-refractivity contribution in [1.82, 2.24) is 0 Å². The molecule has 0 heterocycles. The molecular weight excluding hydrogens is 272 g/mol. The van der Waals surface area contributed by atoms with Gasteiger partial charge in [0.05, 0.1) is 32.3 Å². The Labute approximate surface area is 128 Å². The van der Waals surface area contributed by atoms with Crippen LogP contribution in [0.25, 0.3) is 0 Å². The van der Waals surface area contributed by atoms with E-state index < -0.39 is 6.29 Å². The van der Waals surface area contributed by atoms with Gasteiger partial charge in [0.2, 0.25) is 0 Å². The van der Waals surface area contributed by atoms with Crippen molar-refractivity contribution < 1.29 is 24.1 Å². The predicted molar refractivity (Wildman–Crippen MR) is 81.8 cm³/mol. The summed E-state index contributed by atoms with van der Waals surface area (Å²) in [6.45, 7) is 10.9. The Morgan fingerprint density at radius 3 is 2.62 bits per heavy atom. The van der Waals surface area contributed by atoms with Gasteiger partial charge in [-0.15, -0.1) is 6.58 Å². The second-order valence-corrected chi connectivity index (χ2v) is 5.26. The normalized spacial score (nSPS) is 15.2. The molecule has 0 aromatic carbocycles. The number of esters is 1. The fourth-order valence-electron chi connectivity index (χ4n) is 1.79. The number of aliphatic hydroxyl groups is 1. The minimum Gasteiger partial charge on any atom is -0.465 e. The van der Waals surface area contributed by atoms with Gasteiger partial charge in [0.25, 0.3) is 0 Å². The Morgan fingerprint density at radius 1 is 1.29 bits per heavy atom. The van der Waals surface area contributed by atoms with E-state index in [1.54, 1.807) is 6.08 Å². The lowest BCUT2D eigenvalue weighted by Crippen LogP contribution is -2.27. The monoisotopic (exact) mass is 302 g/mol. The average Bonchev–Trinajstić information content (AvgIpc) is 2.46. The van der Waals surface area contributed by atoms with Crippen LogP contribution >= 0.6 is 0 Å². The van der Waals surface area contributed by atoms with Crippen LogP contribution in [0.1, 0.15) is 40.0 Å². The number of hydrogen-bond donors (Lipinski definition) is 1. The van der Waals surface area contributed by atoms with E-state index in [0.717, 1.165) is 12.8 Å². The van der Waals surface area contributed by atoms with Crippen LogP contribution < -0.4 is 0 Å². The Hall–Kier alpha value is -0.910. The van der Waals surface area contributed by atoms with Crippen LogP contribution in [-0.2, 0) is 19.0 Å². The van der Waals surface area contributed by atoms with E-state index in [1.165, 1.54) is 0 Å². The van der Waals surface area contributed by atoms with Crippen LogP contribution in [0, 0.1) is 11.8 Å². The molecule has 5 nitrogen and oxygen atoms in total. The summed E-state index contributed by atoms with van der Waals surface area (Å²) in [6.07, 6.45) is 3.16. The van der Waals surface area contributed by atoms with Crippen molar-refractivity contribution in [2.75, 3.05) is 26.4 Å². The lowest BCUT2D eigenvalue weighted by atomic mass is 9.97. The van der Waals surface area contributed by atoms with E-state index in [-0.39, 0.29) is 17.8 Å². The topological polar surface area (TPSA) is 65.0 Å². The first-order valence-electron chi connectivity index (χ1n) is 7.67. The third-order valence-corrected chi connectivity index (χ3v) is 3.11. The first-order valence-corrected chi connectivity index (χ1v) is 7.67. The van der Waals surface area contributed by atoms with Crippen LogP contribution in [0.4, 0.5) is 0 Å². The van der Waals surface area contributed by atoms with Gasteiger partial charge in [-0.3, -0.25) is 4.79 Å². The second-order valence-electron chi connectivity index (χ2n) is 5.26. The lowest BCUT2D eigenvalue weighted by molar-refractivity contribution is -0.155. The summed E-state index contributed by atoms with van der Waals surface area (Å²) in [5.74, 6) is -0.595. The summed E-state index contributed by atoms with van der Waals surface area (Å²) < 4.78 is 15.6. The van der Waals surface area contributed by atoms with Gasteiger partial charge in [-0.2, -0.15) is 0 Å². The molecule has 0 bridgehead atoms. The summed E-state index contributed by atoms with van der Waals surface area (Å²) in [7, 11) is 0. The highest BCUT2D eigenvalue weighted by Gasteiger charge is 2.22. The summed E-state index contributed by atoms with van der Waals surface area (Å²) >= 11 is 0. The van der Waals surface area contributed by atoms with Crippen LogP contribution in [-0.4, -0.2) is 43.8 Å². The predicted octanol–water partition coefficient (Wildman–Crippen LogP) is 2.53. The van der Waals surface area contributed by atoms with Crippen molar-refractivity contribution in [2.24, 2.45) is 11.8 Å². The largest absolute Gasteiger partial charge is 0.465 e. The van der Waals surface area contributed by atoms with Crippen molar-refractivity contribution in [3.63, 3.8) is 0 Å². The van der Waals surface area contributed by atoms with E-state index >= 15 is 0 Å². The van der Waals surface area contributed by atoms with Gasteiger partial charge in [0, 0.05) is 5.92 Å². The molecule has 0 aromatic heterocycles. The van der Waals surface area contributed by atoms with Crippen LogP contribution in [0.2, 0.25) is 0 Å². The molecule has 0 fully saturated rings. The molecule has 0 aliphatic rings. The molecule has 0 rings (SSSR count).